The van der Waals surface area contributed by atoms with Crippen molar-refractivity contribution in [2.75, 3.05) is 0 Å². The molecular formula is C6H10O2. The highest BCUT2D eigenvalue weighted by Gasteiger charge is 2.41. The fourth-order valence-corrected chi connectivity index (χ4v) is 0.654. The van der Waals surface area contributed by atoms with Gasteiger partial charge in [-0.3, -0.25) is 0 Å². The first-order valence-electron chi connectivity index (χ1n) is 2.96. The second-order valence-electron chi connectivity index (χ2n) is 2.24. The van der Waals surface area contributed by atoms with Gasteiger partial charge in [-0.25, -0.2) is 4.79 Å². The van der Waals surface area contributed by atoms with Gasteiger partial charge in [-0.15, -0.1) is 0 Å². The Bertz CT molecular complexity index is 109. The molecule has 0 aromatic rings. The molecule has 0 amide bonds. The third-order valence-electron chi connectivity index (χ3n) is 1.58. The van der Waals surface area contributed by atoms with Gasteiger partial charge in [-0.05, 0) is 6.42 Å². The van der Waals surface area contributed by atoms with Crippen molar-refractivity contribution in [2.24, 2.45) is 5.92 Å². The molecule has 1 saturated heterocycles. The Morgan fingerprint density at radius 3 is 2.50 bits per heavy atom. The number of cyclic esters (lactones) is 1. The summed E-state index contributed by atoms with van der Waals surface area (Å²) in [7, 11) is 0. The van der Waals surface area contributed by atoms with Crippen LogP contribution in [0.25, 0.3) is 0 Å². The standard InChI is InChI=1S/C6H10O2/c1-3-4(2)5-6(7)8-5/h4-5H,3H2,1-2H3/t4-,5+/m1/s1. The van der Waals surface area contributed by atoms with Gasteiger partial charge < -0.3 is 4.74 Å². The van der Waals surface area contributed by atoms with Gasteiger partial charge in [0.1, 0.15) is 0 Å². The SMILES string of the molecule is CC[C@@H](C)[C@@H]1OC1=O. The number of carbonyl (C=O) groups excluding carboxylic acids is 1. The molecule has 0 aliphatic carbocycles. The minimum atomic E-state index is -0.0556. The Hall–Kier alpha value is -0.530. The van der Waals surface area contributed by atoms with Crippen molar-refractivity contribution in [3.8, 4) is 0 Å². The average Bonchev–Trinajstić information content (AvgIpc) is 2.45. The van der Waals surface area contributed by atoms with Crippen molar-refractivity contribution in [1.29, 1.82) is 0 Å². The molecule has 1 fully saturated rings. The Morgan fingerprint density at radius 2 is 2.38 bits per heavy atom. The summed E-state index contributed by atoms with van der Waals surface area (Å²) in [6.45, 7) is 4.08. The highest BCUT2D eigenvalue weighted by molar-refractivity contribution is 5.87. The molecule has 0 bridgehead atoms. The van der Waals surface area contributed by atoms with E-state index in [1.165, 1.54) is 0 Å². The Labute approximate surface area is 48.8 Å². The van der Waals surface area contributed by atoms with E-state index in [-0.39, 0.29) is 12.1 Å². The molecule has 1 heterocycles. The van der Waals surface area contributed by atoms with Crippen LogP contribution in [0.1, 0.15) is 20.3 Å². The molecule has 0 aromatic heterocycles. The molecule has 0 N–H and O–H groups in total. The first kappa shape index (κ1) is 5.60. The van der Waals surface area contributed by atoms with E-state index in [4.69, 9.17) is 0 Å². The lowest BCUT2D eigenvalue weighted by Gasteiger charge is -1.96. The van der Waals surface area contributed by atoms with E-state index in [1.54, 1.807) is 0 Å². The fourth-order valence-electron chi connectivity index (χ4n) is 0.654. The second kappa shape index (κ2) is 1.77. The number of carbonyl (C=O) groups is 1. The molecule has 0 saturated carbocycles. The lowest BCUT2D eigenvalue weighted by Crippen LogP contribution is -2.01. The Balaban J connectivity index is 2.28. The van der Waals surface area contributed by atoms with E-state index < -0.39 is 0 Å². The zero-order valence-corrected chi connectivity index (χ0v) is 5.18. The number of hydrogen-bond donors (Lipinski definition) is 0. The molecule has 46 valence electrons. The lowest BCUT2D eigenvalue weighted by molar-refractivity contribution is -0.117. The van der Waals surface area contributed by atoms with E-state index in [1.807, 2.05) is 6.92 Å². The van der Waals surface area contributed by atoms with E-state index in [2.05, 4.69) is 11.7 Å². The van der Waals surface area contributed by atoms with E-state index >= 15 is 0 Å². The maximum atomic E-state index is 10.3. The van der Waals surface area contributed by atoms with Crippen LogP contribution in [0.3, 0.4) is 0 Å². The molecule has 0 unspecified atom stereocenters. The molecule has 0 spiro atoms. The number of ether oxygens (including phenoxy) is 1. The molecule has 2 atom stereocenters. The number of hydrogen-bond acceptors (Lipinski definition) is 2. The topological polar surface area (TPSA) is 29.6 Å². The van der Waals surface area contributed by atoms with E-state index in [0.717, 1.165) is 6.42 Å². The normalized spacial score (nSPS) is 29.2. The van der Waals surface area contributed by atoms with Crippen LogP contribution in [0.2, 0.25) is 0 Å². The third-order valence-corrected chi connectivity index (χ3v) is 1.58. The Kier molecular flexibility index (Phi) is 1.24. The fraction of sp³-hybridized carbons (Fsp3) is 0.833. The zero-order chi connectivity index (χ0) is 6.15. The summed E-state index contributed by atoms with van der Waals surface area (Å²) >= 11 is 0. The number of epoxide rings is 1. The van der Waals surface area contributed by atoms with Gasteiger partial charge in [0.15, 0.2) is 0 Å². The predicted molar refractivity (Wildman–Crippen MR) is 29.3 cm³/mol. The van der Waals surface area contributed by atoms with Crippen LogP contribution in [-0.2, 0) is 9.53 Å². The minimum absolute atomic E-state index is 0.0284. The maximum absolute atomic E-state index is 10.3. The van der Waals surface area contributed by atoms with E-state index in [0.29, 0.717) is 5.92 Å². The molecule has 0 aromatic carbocycles. The van der Waals surface area contributed by atoms with Gasteiger partial charge >= 0.3 is 5.97 Å². The van der Waals surface area contributed by atoms with Crippen molar-refractivity contribution in [2.45, 2.75) is 26.4 Å². The first-order chi connectivity index (χ1) is 3.75. The number of rotatable bonds is 2. The van der Waals surface area contributed by atoms with Crippen molar-refractivity contribution >= 4 is 5.97 Å². The zero-order valence-electron chi connectivity index (χ0n) is 5.18. The van der Waals surface area contributed by atoms with Crippen LogP contribution < -0.4 is 0 Å². The van der Waals surface area contributed by atoms with Crippen molar-refractivity contribution in [3.05, 3.63) is 0 Å². The highest BCUT2D eigenvalue weighted by atomic mass is 16.6. The Morgan fingerprint density at radius 1 is 1.88 bits per heavy atom. The summed E-state index contributed by atoms with van der Waals surface area (Å²) < 4.78 is 4.63. The van der Waals surface area contributed by atoms with Gasteiger partial charge in [-0.1, -0.05) is 13.8 Å². The molecule has 0 radical (unpaired) electrons. The molecule has 1 aliphatic heterocycles. The van der Waals surface area contributed by atoms with Gasteiger partial charge in [0.2, 0.25) is 6.10 Å². The summed E-state index contributed by atoms with van der Waals surface area (Å²) in [6, 6.07) is 0. The average molecular weight is 114 g/mol. The first-order valence-corrected chi connectivity index (χ1v) is 2.96. The molecule has 2 nitrogen and oxygen atoms in total. The van der Waals surface area contributed by atoms with Crippen LogP contribution in [0.4, 0.5) is 0 Å². The highest BCUT2D eigenvalue weighted by Crippen LogP contribution is 2.23. The molecular weight excluding hydrogens is 104 g/mol. The van der Waals surface area contributed by atoms with Gasteiger partial charge in [0, 0.05) is 5.92 Å². The summed E-state index contributed by atoms with van der Waals surface area (Å²) in [6.07, 6.45) is 0.969. The van der Waals surface area contributed by atoms with Gasteiger partial charge in [-0.2, -0.15) is 0 Å². The van der Waals surface area contributed by atoms with Crippen molar-refractivity contribution in [3.63, 3.8) is 0 Å². The van der Waals surface area contributed by atoms with Crippen LogP contribution in [0.5, 0.6) is 0 Å². The second-order valence-corrected chi connectivity index (χ2v) is 2.24. The quantitative estimate of drug-likeness (QED) is 0.500. The molecule has 1 rings (SSSR count). The smallest absolute Gasteiger partial charge is 0.348 e. The molecule has 8 heavy (non-hydrogen) atoms. The van der Waals surface area contributed by atoms with Crippen LogP contribution in [0.15, 0.2) is 0 Å². The van der Waals surface area contributed by atoms with Crippen molar-refractivity contribution < 1.29 is 9.53 Å². The largest absolute Gasteiger partial charge is 0.447 e. The van der Waals surface area contributed by atoms with Crippen LogP contribution in [-0.4, -0.2) is 12.1 Å². The lowest BCUT2D eigenvalue weighted by atomic mass is 10.1. The molecule has 2 heteroatoms. The van der Waals surface area contributed by atoms with E-state index in [9.17, 15) is 4.79 Å². The summed E-state index contributed by atoms with van der Waals surface area (Å²) in [5, 5.41) is 0. The predicted octanol–water partition coefficient (Wildman–Crippen LogP) is 0.958. The summed E-state index contributed by atoms with van der Waals surface area (Å²) in [5.74, 6) is 0.391. The van der Waals surface area contributed by atoms with Crippen LogP contribution in [0, 0.1) is 5.92 Å². The van der Waals surface area contributed by atoms with Crippen LogP contribution >= 0.6 is 0 Å². The summed E-state index contributed by atoms with van der Waals surface area (Å²) in [5.41, 5.74) is 0. The van der Waals surface area contributed by atoms with Gasteiger partial charge in [0.05, 0.1) is 0 Å². The third kappa shape index (κ3) is 0.831. The van der Waals surface area contributed by atoms with Crippen molar-refractivity contribution in [1.82, 2.24) is 0 Å². The monoisotopic (exact) mass is 114 g/mol. The molecule has 1 aliphatic rings. The maximum Gasteiger partial charge on any atom is 0.348 e. The summed E-state index contributed by atoms with van der Waals surface area (Å²) in [4.78, 5) is 10.3. The minimum Gasteiger partial charge on any atom is -0.447 e. The van der Waals surface area contributed by atoms with Gasteiger partial charge in [0.25, 0.3) is 0 Å².